The SMILES string of the molecule is O[C@H]1C[C@@](c2ccc(Br)s2)(c2nnc(C3CC3)n2C2CC2)C1. The van der Waals surface area contributed by atoms with Crippen LogP contribution in [0.25, 0.3) is 0 Å². The van der Waals surface area contributed by atoms with Gasteiger partial charge in [0, 0.05) is 16.8 Å². The Labute approximate surface area is 141 Å². The van der Waals surface area contributed by atoms with Crippen LogP contribution in [0.2, 0.25) is 0 Å². The Kier molecular flexibility index (Phi) is 2.89. The van der Waals surface area contributed by atoms with Crippen LogP contribution in [-0.2, 0) is 5.41 Å². The van der Waals surface area contributed by atoms with Gasteiger partial charge in [-0.1, -0.05) is 0 Å². The first-order valence-corrected chi connectivity index (χ1v) is 9.67. The van der Waals surface area contributed by atoms with E-state index in [1.165, 1.54) is 36.4 Å². The lowest BCUT2D eigenvalue weighted by atomic mass is 9.65. The second-order valence-electron chi connectivity index (χ2n) is 7.01. The number of thiophene rings is 1. The van der Waals surface area contributed by atoms with Crippen molar-refractivity contribution in [3.8, 4) is 0 Å². The van der Waals surface area contributed by atoms with Gasteiger partial charge in [0.05, 0.1) is 15.3 Å². The Morgan fingerprint density at radius 3 is 2.50 bits per heavy atom. The second-order valence-corrected chi connectivity index (χ2v) is 9.47. The van der Waals surface area contributed by atoms with Crippen LogP contribution >= 0.6 is 27.3 Å². The molecule has 2 aromatic rings. The van der Waals surface area contributed by atoms with E-state index in [2.05, 4.69) is 42.8 Å². The highest BCUT2D eigenvalue weighted by atomic mass is 79.9. The molecule has 0 bridgehead atoms. The normalized spacial score (nSPS) is 31.3. The molecule has 3 fully saturated rings. The molecule has 2 heterocycles. The van der Waals surface area contributed by atoms with Crippen molar-refractivity contribution in [2.75, 3.05) is 0 Å². The van der Waals surface area contributed by atoms with E-state index in [0.717, 1.165) is 22.5 Å². The van der Waals surface area contributed by atoms with Gasteiger partial charge in [0.1, 0.15) is 11.6 Å². The van der Waals surface area contributed by atoms with Crippen molar-refractivity contribution >= 4 is 27.3 Å². The van der Waals surface area contributed by atoms with Gasteiger partial charge in [-0.3, -0.25) is 0 Å². The van der Waals surface area contributed by atoms with Crippen LogP contribution < -0.4 is 0 Å². The predicted octanol–water partition coefficient (Wildman–Crippen LogP) is 3.76. The lowest BCUT2D eigenvalue weighted by Gasteiger charge is -2.44. The van der Waals surface area contributed by atoms with Crippen LogP contribution in [0.5, 0.6) is 0 Å². The molecule has 5 rings (SSSR count). The van der Waals surface area contributed by atoms with Crippen molar-refractivity contribution in [2.24, 2.45) is 0 Å². The molecule has 22 heavy (non-hydrogen) atoms. The van der Waals surface area contributed by atoms with Crippen LogP contribution in [0.1, 0.15) is 67.0 Å². The number of aliphatic hydroxyl groups excluding tert-OH is 1. The third kappa shape index (κ3) is 1.96. The molecule has 4 nitrogen and oxygen atoms in total. The molecule has 0 saturated heterocycles. The monoisotopic (exact) mass is 379 g/mol. The molecular weight excluding hydrogens is 362 g/mol. The number of aliphatic hydroxyl groups is 1. The van der Waals surface area contributed by atoms with Crippen molar-refractivity contribution in [2.45, 2.75) is 62.0 Å². The number of halogens is 1. The van der Waals surface area contributed by atoms with E-state index in [0.29, 0.717) is 12.0 Å². The summed E-state index contributed by atoms with van der Waals surface area (Å²) in [6.45, 7) is 0. The maximum atomic E-state index is 10.0. The zero-order valence-corrected chi connectivity index (χ0v) is 14.6. The highest BCUT2D eigenvalue weighted by Gasteiger charge is 2.52. The molecule has 2 aromatic heterocycles. The van der Waals surface area contributed by atoms with Crippen molar-refractivity contribution < 1.29 is 5.11 Å². The second kappa shape index (κ2) is 4.65. The highest BCUT2D eigenvalue weighted by Crippen LogP contribution is 2.54. The molecule has 3 aliphatic rings. The average molecular weight is 380 g/mol. The lowest BCUT2D eigenvalue weighted by molar-refractivity contribution is 0.0334. The summed E-state index contributed by atoms with van der Waals surface area (Å²) in [5.74, 6) is 2.93. The molecule has 6 heteroatoms. The van der Waals surface area contributed by atoms with Crippen molar-refractivity contribution in [1.82, 2.24) is 14.8 Å². The first kappa shape index (κ1) is 13.7. The van der Waals surface area contributed by atoms with Crippen LogP contribution in [-0.4, -0.2) is 26.0 Å². The molecule has 116 valence electrons. The zero-order chi connectivity index (χ0) is 14.9. The fourth-order valence-electron chi connectivity index (χ4n) is 3.75. The summed E-state index contributed by atoms with van der Waals surface area (Å²) in [4.78, 5) is 1.31. The fourth-order valence-corrected chi connectivity index (χ4v) is 5.34. The molecule has 3 aliphatic carbocycles. The molecule has 0 atom stereocenters. The molecule has 0 radical (unpaired) electrons. The molecular formula is C16H18BrN3OS. The first-order chi connectivity index (χ1) is 10.7. The fraction of sp³-hybridized carbons (Fsp3) is 0.625. The standard InChI is InChI=1S/C16H18BrN3OS/c17-13-6-5-12(22-13)16(7-11(21)8-16)15-19-18-14(9-1-2-9)20(15)10-3-4-10/h5-6,9-11,21H,1-4,7-8H2/t11-,16+. The van der Waals surface area contributed by atoms with E-state index in [-0.39, 0.29) is 11.5 Å². The van der Waals surface area contributed by atoms with Crippen LogP contribution in [0.15, 0.2) is 15.9 Å². The van der Waals surface area contributed by atoms with E-state index in [4.69, 9.17) is 0 Å². The summed E-state index contributed by atoms with van der Waals surface area (Å²) < 4.78 is 3.58. The number of rotatable bonds is 4. The molecule has 1 N–H and O–H groups in total. The quantitative estimate of drug-likeness (QED) is 0.879. The van der Waals surface area contributed by atoms with Crippen molar-refractivity contribution in [1.29, 1.82) is 0 Å². The van der Waals surface area contributed by atoms with Crippen molar-refractivity contribution in [3.05, 3.63) is 32.4 Å². The minimum atomic E-state index is -0.213. The summed E-state index contributed by atoms with van der Waals surface area (Å²) >= 11 is 5.34. The first-order valence-electron chi connectivity index (χ1n) is 8.06. The van der Waals surface area contributed by atoms with E-state index in [1.807, 2.05) is 0 Å². The van der Waals surface area contributed by atoms with E-state index < -0.39 is 0 Å². The van der Waals surface area contributed by atoms with Gasteiger partial charge in [0.2, 0.25) is 0 Å². The summed E-state index contributed by atoms with van der Waals surface area (Å²) in [5, 5.41) is 19.2. The van der Waals surface area contributed by atoms with Gasteiger partial charge in [0.15, 0.2) is 0 Å². The van der Waals surface area contributed by atoms with E-state index in [1.54, 1.807) is 11.3 Å². The number of nitrogens with zero attached hydrogens (tertiary/aromatic N) is 3. The van der Waals surface area contributed by atoms with Gasteiger partial charge in [-0.2, -0.15) is 0 Å². The van der Waals surface area contributed by atoms with Crippen LogP contribution in [0.3, 0.4) is 0 Å². The summed E-state index contributed by atoms with van der Waals surface area (Å²) in [6, 6.07) is 4.88. The van der Waals surface area contributed by atoms with Crippen LogP contribution in [0, 0.1) is 0 Å². The topological polar surface area (TPSA) is 50.9 Å². The summed E-state index contributed by atoms with van der Waals surface area (Å²) in [7, 11) is 0. The maximum Gasteiger partial charge on any atom is 0.145 e. The molecule has 0 amide bonds. The number of hydrogen-bond acceptors (Lipinski definition) is 4. The average Bonchev–Trinajstić information content (AvgIpc) is 3.39. The molecule has 0 spiro atoms. The Morgan fingerprint density at radius 1 is 1.18 bits per heavy atom. The number of hydrogen-bond donors (Lipinski definition) is 1. The maximum absolute atomic E-state index is 10.0. The number of aromatic nitrogens is 3. The molecule has 3 saturated carbocycles. The van der Waals surface area contributed by atoms with Gasteiger partial charge in [-0.05, 0) is 66.6 Å². The third-order valence-corrected chi connectivity index (χ3v) is 7.05. The Morgan fingerprint density at radius 2 is 1.95 bits per heavy atom. The Hall–Kier alpha value is -0.720. The Balaban J connectivity index is 1.64. The van der Waals surface area contributed by atoms with E-state index in [9.17, 15) is 5.11 Å². The van der Waals surface area contributed by atoms with E-state index >= 15 is 0 Å². The zero-order valence-electron chi connectivity index (χ0n) is 12.2. The summed E-state index contributed by atoms with van der Waals surface area (Å²) in [5.41, 5.74) is -0.126. The van der Waals surface area contributed by atoms with Gasteiger partial charge >= 0.3 is 0 Å². The smallest absolute Gasteiger partial charge is 0.145 e. The largest absolute Gasteiger partial charge is 0.393 e. The summed E-state index contributed by atoms with van der Waals surface area (Å²) in [6.07, 6.45) is 6.34. The van der Waals surface area contributed by atoms with Crippen molar-refractivity contribution in [3.63, 3.8) is 0 Å². The molecule has 0 aliphatic heterocycles. The highest BCUT2D eigenvalue weighted by molar-refractivity contribution is 9.11. The minimum Gasteiger partial charge on any atom is -0.393 e. The predicted molar refractivity (Wildman–Crippen MR) is 88.3 cm³/mol. The lowest BCUT2D eigenvalue weighted by Crippen LogP contribution is -2.47. The minimum absolute atomic E-state index is 0.126. The molecule has 0 unspecified atom stereocenters. The van der Waals surface area contributed by atoms with Crippen LogP contribution in [0.4, 0.5) is 0 Å². The van der Waals surface area contributed by atoms with Gasteiger partial charge in [-0.25, -0.2) is 0 Å². The van der Waals surface area contributed by atoms with Gasteiger partial charge in [-0.15, -0.1) is 21.5 Å². The van der Waals surface area contributed by atoms with Gasteiger partial charge < -0.3 is 9.67 Å². The molecule has 0 aromatic carbocycles. The Bertz CT molecular complexity index is 726. The third-order valence-electron chi connectivity index (χ3n) is 5.22. The van der Waals surface area contributed by atoms with Gasteiger partial charge in [0.25, 0.3) is 0 Å².